The Morgan fingerprint density at radius 2 is 1.83 bits per heavy atom. The van der Waals surface area contributed by atoms with Crippen molar-refractivity contribution in [3.8, 4) is 11.5 Å². The van der Waals surface area contributed by atoms with E-state index in [1.807, 2.05) is 63.2 Å². The lowest BCUT2D eigenvalue weighted by atomic mass is 10.1. The van der Waals surface area contributed by atoms with Crippen molar-refractivity contribution in [3.63, 3.8) is 0 Å². The number of rotatable bonds is 7. The molecule has 4 nitrogen and oxygen atoms in total. The fraction of sp³-hybridized carbons (Fsp3) is 0.185. The van der Waals surface area contributed by atoms with Gasteiger partial charge in [0.15, 0.2) is 15.8 Å². The van der Waals surface area contributed by atoms with Crippen molar-refractivity contribution in [1.29, 1.82) is 0 Å². The summed E-state index contributed by atoms with van der Waals surface area (Å²) in [6.07, 6.45) is 1.81. The second kappa shape index (κ2) is 11.6. The predicted molar refractivity (Wildman–Crippen MR) is 158 cm³/mol. The number of anilines is 1. The van der Waals surface area contributed by atoms with Crippen LogP contribution >= 0.6 is 63.1 Å². The number of thioether (sulfide) groups is 1. The molecule has 1 heterocycles. The Morgan fingerprint density at radius 1 is 1.06 bits per heavy atom. The molecule has 0 atom stereocenters. The molecule has 9 heteroatoms. The number of aryl methyl sites for hydroxylation is 2. The van der Waals surface area contributed by atoms with Gasteiger partial charge in [-0.3, -0.25) is 9.69 Å². The van der Waals surface area contributed by atoms with Crippen LogP contribution in [0.1, 0.15) is 29.2 Å². The number of nitrogens with zero attached hydrogens (tertiary/aromatic N) is 1. The van der Waals surface area contributed by atoms with E-state index in [-0.39, 0.29) is 12.5 Å². The van der Waals surface area contributed by atoms with E-state index < -0.39 is 0 Å². The van der Waals surface area contributed by atoms with Crippen LogP contribution in [0.15, 0.2) is 57.9 Å². The third-order valence-corrected chi connectivity index (χ3v) is 8.04. The summed E-state index contributed by atoms with van der Waals surface area (Å²) in [6.45, 7) is 6.64. The molecule has 0 unspecified atom stereocenters. The number of hydrogen-bond donors (Lipinski definition) is 0. The van der Waals surface area contributed by atoms with E-state index in [1.54, 1.807) is 17.0 Å². The predicted octanol–water partition coefficient (Wildman–Crippen LogP) is 8.76. The smallest absolute Gasteiger partial charge is 0.270 e. The fourth-order valence-corrected chi connectivity index (χ4v) is 5.91. The van der Waals surface area contributed by atoms with E-state index in [4.69, 9.17) is 44.9 Å². The number of hydrogen-bond acceptors (Lipinski definition) is 5. The molecule has 3 aromatic carbocycles. The Kier molecular flexibility index (Phi) is 8.68. The molecule has 0 spiro atoms. The van der Waals surface area contributed by atoms with Gasteiger partial charge in [0, 0.05) is 15.6 Å². The minimum Gasteiger partial charge on any atom is -0.490 e. The second-order valence-corrected chi connectivity index (χ2v) is 11.4. The number of ether oxygens (including phenoxy) is 2. The summed E-state index contributed by atoms with van der Waals surface area (Å²) in [4.78, 5) is 15.4. The van der Waals surface area contributed by atoms with Crippen LogP contribution in [-0.2, 0) is 11.4 Å². The van der Waals surface area contributed by atoms with Crippen LogP contribution in [0.3, 0.4) is 0 Å². The normalized spacial score (nSPS) is 14.6. The standard InChI is InChI=1S/C27H22BrCl2NO3S2/c1-4-33-23-11-17(10-21(28)25(23)34-14-18-6-7-19(29)13-22(18)30)12-24-26(32)31(27(35)36-24)20-8-5-15(2)16(3)9-20/h5-13H,4,14H2,1-3H3/b24-12-. The van der Waals surface area contributed by atoms with Gasteiger partial charge in [0.05, 0.1) is 21.7 Å². The molecule has 0 radical (unpaired) electrons. The molecule has 0 aliphatic carbocycles. The van der Waals surface area contributed by atoms with Gasteiger partial charge in [-0.05, 0) is 95.9 Å². The Hall–Kier alpha value is -2.03. The molecular formula is C27H22BrCl2NO3S2. The maximum absolute atomic E-state index is 13.3. The first-order valence-corrected chi connectivity index (χ1v) is 13.8. The van der Waals surface area contributed by atoms with Crippen molar-refractivity contribution in [2.45, 2.75) is 27.4 Å². The van der Waals surface area contributed by atoms with E-state index in [2.05, 4.69) is 15.9 Å². The van der Waals surface area contributed by atoms with Crippen molar-refractivity contribution < 1.29 is 14.3 Å². The lowest BCUT2D eigenvalue weighted by Gasteiger charge is -2.16. The number of halogens is 3. The molecule has 1 aliphatic rings. The van der Waals surface area contributed by atoms with E-state index >= 15 is 0 Å². The zero-order chi connectivity index (χ0) is 26.0. The maximum Gasteiger partial charge on any atom is 0.270 e. The van der Waals surface area contributed by atoms with Crippen LogP contribution in [0.25, 0.3) is 6.08 Å². The average Bonchev–Trinajstić information content (AvgIpc) is 3.09. The minimum absolute atomic E-state index is 0.153. The summed E-state index contributed by atoms with van der Waals surface area (Å²) in [6, 6.07) is 14.9. The SMILES string of the molecule is CCOc1cc(/C=C2\SC(=S)N(c3ccc(C)c(C)c3)C2=O)cc(Br)c1OCc1ccc(Cl)cc1Cl. The Balaban J connectivity index is 1.61. The number of thiocarbonyl (C=S) groups is 1. The molecule has 3 aromatic rings. The summed E-state index contributed by atoms with van der Waals surface area (Å²) in [5, 5.41) is 1.09. The van der Waals surface area contributed by atoms with E-state index in [0.717, 1.165) is 27.9 Å². The first kappa shape index (κ1) is 27.0. The number of amides is 1. The molecule has 0 aromatic heterocycles. The zero-order valence-electron chi connectivity index (χ0n) is 19.7. The topological polar surface area (TPSA) is 38.8 Å². The van der Waals surface area contributed by atoms with Crippen LogP contribution < -0.4 is 14.4 Å². The molecule has 0 bridgehead atoms. The molecule has 1 saturated heterocycles. The quantitative estimate of drug-likeness (QED) is 0.195. The maximum atomic E-state index is 13.3. The lowest BCUT2D eigenvalue weighted by Crippen LogP contribution is -2.27. The summed E-state index contributed by atoms with van der Waals surface area (Å²) < 4.78 is 13.1. The summed E-state index contributed by atoms with van der Waals surface area (Å²) in [5.74, 6) is 0.940. The van der Waals surface area contributed by atoms with Gasteiger partial charge in [0.1, 0.15) is 6.61 Å². The lowest BCUT2D eigenvalue weighted by molar-refractivity contribution is -0.113. The monoisotopic (exact) mass is 621 g/mol. The molecule has 186 valence electrons. The van der Waals surface area contributed by atoms with Crippen LogP contribution in [-0.4, -0.2) is 16.8 Å². The highest BCUT2D eigenvalue weighted by Gasteiger charge is 2.33. The van der Waals surface area contributed by atoms with Gasteiger partial charge >= 0.3 is 0 Å². The van der Waals surface area contributed by atoms with Crippen molar-refractivity contribution in [2.75, 3.05) is 11.5 Å². The Labute approximate surface area is 238 Å². The van der Waals surface area contributed by atoms with Gasteiger partial charge in [0.25, 0.3) is 5.91 Å². The third-order valence-electron chi connectivity index (χ3n) is 5.56. The highest BCUT2D eigenvalue weighted by atomic mass is 79.9. The van der Waals surface area contributed by atoms with Crippen molar-refractivity contribution in [3.05, 3.63) is 90.2 Å². The Morgan fingerprint density at radius 3 is 2.53 bits per heavy atom. The van der Waals surface area contributed by atoms with Crippen LogP contribution in [0, 0.1) is 13.8 Å². The summed E-state index contributed by atoms with van der Waals surface area (Å²) >= 11 is 22.7. The molecule has 0 N–H and O–H groups in total. The zero-order valence-corrected chi connectivity index (χ0v) is 24.5. The van der Waals surface area contributed by atoms with E-state index in [0.29, 0.717) is 41.8 Å². The number of carbonyl (C=O) groups excluding carboxylic acids is 1. The van der Waals surface area contributed by atoms with Gasteiger partial charge in [-0.15, -0.1) is 0 Å². The number of carbonyl (C=O) groups is 1. The largest absolute Gasteiger partial charge is 0.490 e. The third kappa shape index (κ3) is 5.92. The van der Waals surface area contributed by atoms with Crippen molar-refractivity contribution >= 4 is 85.1 Å². The fourth-order valence-electron chi connectivity index (χ4n) is 3.57. The van der Waals surface area contributed by atoms with Gasteiger partial charge in [-0.1, -0.05) is 59.3 Å². The summed E-state index contributed by atoms with van der Waals surface area (Å²) in [5.41, 5.74) is 4.61. The van der Waals surface area contributed by atoms with Gasteiger partial charge in [-0.2, -0.15) is 0 Å². The minimum atomic E-state index is -0.153. The van der Waals surface area contributed by atoms with Gasteiger partial charge < -0.3 is 9.47 Å². The number of benzene rings is 3. The Bertz CT molecular complexity index is 1390. The van der Waals surface area contributed by atoms with Crippen molar-refractivity contribution in [1.82, 2.24) is 0 Å². The molecule has 0 saturated carbocycles. The second-order valence-electron chi connectivity index (χ2n) is 8.07. The van der Waals surface area contributed by atoms with E-state index in [1.165, 1.54) is 11.8 Å². The van der Waals surface area contributed by atoms with Gasteiger partial charge in [-0.25, -0.2) is 0 Å². The molecule has 1 aliphatic heterocycles. The molecule has 36 heavy (non-hydrogen) atoms. The first-order valence-electron chi connectivity index (χ1n) is 11.1. The van der Waals surface area contributed by atoms with Crippen LogP contribution in [0.4, 0.5) is 5.69 Å². The highest BCUT2D eigenvalue weighted by Crippen LogP contribution is 2.41. The molecular weight excluding hydrogens is 601 g/mol. The van der Waals surface area contributed by atoms with E-state index in [9.17, 15) is 4.79 Å². The van der Waals surface area contributed by atoms with Gasteiger partial charge in [0.2, 0.25) is 0 Å². The van der Waals surface area contributed by atoms with Crippen molar-refractivity contribution in [2.24, 2.45) is 0 Å². The van der Waals surface area contributed by atoms with Crippen LogP contribution in [0.5, 0.6) is 11.5 Å². The molecule has 1 amide bonds. The first-order chi connectivity index (χ1) is 17.2. The molecule has 1 fully saturated rings. The van der Waals surface area contributed by atoms with Crippen LogP contribution in [0.2, 0.25) is 10.0 Å². The average molecular weight is 623 g/mol. The molecule has 4 rings (SSSR count). The highest BCUT2D eigenvalue weighted by molar-refractivity contribution is 9.10. The summed E-state index contributed by atoms with van der Waals surface area (Å²) in [7, 11) is 0.